The molecule has 5 rings (SSSR count). The van der Waals surface area contributed by atoms with E-state index in [1.54, 1.807) is 0 Å². The summed E-state index contributed by atoms with van der Waals surface area (Å²) in [4.78, 5) is 13.0. The van der Waals surface area contributed by atoms with Crippen LogP contribution < -0.4 is 4.72 Å². The molecule has 244 valence electrons. The number of sulfonamides is 1. The standard InChI is InChI=1S/C38H57NO4S/c1-25(2)23-28-16-22-38(34(40)41)21-15-26(3)36(6)20-18-32-35(4,5)30(27-11-9-12-29(24-27)39-44(8,42)43)17-19-37(32,7)33(36)14-10-13-31(28)38/h9,11-12,17,24,26,28,31-33,39H,1,10,13-16,18-23H2,2-8H3,(H,40,41). The van der Waals surface area contributed by atoms with Crippen molar-refractivity contribution < 1.29 is 18.3 Å². The maximum atomic E-state index is 13.0. The van der Waals surface area contributed by atoms with Crippen molar-refractivity contribution in [1.29, 1.82) is 0 Å². The summed E-state index contributed by atoms with van der Waals surface area (Å²) in [5.41, 5.74) is 3.91. The van der Waals surface area contributed by atoms with E-state index in [9.17, 15) is 18.3 Å². The smallest absolute Gasteiger partial charge is 0.309 e. The zero-order valence-corrected chi connectivity index (χ0v) is 29.2. The van der Waals surface area contributed by atoms with E-state index in [1.807, 2.05) is 18.2 Å². The maximum absolute atomic E-state index is 13.0. The zero-order valence-electron chi connectivity index (χ0n) is 28.3. The molecule has 2 N–H and O–H groups in total. The number of nitrogens with one attached hydrogen (secondary N) is 1. The molecule has 1 aromatic carbocycles. The predicted molar refractivity (Wildman–Crippen MR) is 182 cm³/mol. The third-order valence-corrected chi connectivity index (χ3v) is 14.2. The average Bonchev–Trinajstić information content (AvgIpc) is 3.25. The van der Waals surface area contributed by atoms with Crippen molar-refractivity contribution in [3.63, 3.8) is 0 Å². The van der Waals surface area contributed by atoms with Crippen molar-refractivity contribution in [3.8, 4) is 0 Å². The van der Waals surface area contributed by atoms with E-state index in [1.165, 1.54) is 23.8 Å². The number of rotatable bonds is 6. The molecule has 8 atom stereocenters. The van der Waals surface area contributed by atoms with Crippen LogP contribution >= 0.6 is 0 Å². The highest BCUT2D eigenvalue weighted by molar-refractivity contribution is 7.92. The molecule has 0 saturated heterocycles. The molecule has 3 fully saturated rings. The Morgan fingerprint density at radius 2 is 1.70 bits per heavy atom. The number of carbonyl (C=O) groups is 1. The molecule has 0 radical (unpaired) electrons. The molecule has 4 aliphatic carbocycles. The highest BCUT2D eigenvalue weighted by atomic mass is 32.2. The maximum Gasteiger partial charge on any atom is 0.309 e. The Morgan fingerprint density at radius 3 is 2.36 bits per heavy atom. The number of benzene rings is 1. The number of carboxylic acids is 1. The summed E-state index contributed by atoms with van der Waals surface area (Å²) >= 11 is 0. The minimum Gasteiger partial charge on any atom is -0.481 e. The van der Waals surface area contributed by atoms with Gasteiger partial charge in [0, 0.05) is 5.69 Å². The first-order valence-electron chi connectivity index (χ1n) is 17.1. The largest absolute Gasteiger partial charge is 0.481 e. The van der Waals surface area contributed by atoms with E-state index < -0.39 is 21.4 Å². The monoisotopic (exact) mass is 623 g/mol. The van der Waals surface area contributed by atoms with Crippen LogP contribution in [-0.4, -0.2) is 25.7 Å². The Bertz CT molecular complexity index is 1430. The number of hydrogen-bond donors (Lipinski definition) is 2. The molecule has 8 unspecified atom stereocenters. The number of hydrogen-bond acceptors (Lipinski definition) is 3. The van der Waals surface area contributed by atoms with Gasteiger partial charge in [0.25, 0.3) is 0 Å². The van der Waals surface area contributed by atoms with Crippen molar-refractivity contribution in [3.05, 3.63) is 48.1 Å². The highest BCUT2D eigenvalue weighted by Gasteiger charge is 2.61. The summed E-state index contributed by atoms with van der Waals surface area (Å²) < 4.78 is 26.6. The molecule has 6 heteroatoms. The van der Waals surface area contributed by atoms with E-state index in [0.717, 1.165) is 69.8 Å². The van der Waals surface area contributed by atoms with Crippen molar-refractivity contribution in [2.75, 3.05) is 11.0 Å². The first-order valence-corrected chi connectivity index (χ1v) is 19.0. The van der Waals surface area contributed by atoms with Crippen LogP contribution in [0.2, 0.25) is 0 Å². The molecular weight excluding hydrogens is 566 g/mol. The number of anilines is 1. The molecule has 44 heavy (non-hydrogen) atoms. The topological polar surface area (TPSA) is 83.5 Å². The van der Waals surface area contributed by atoms with Crippen molar-refractivity contribution in [1.82, 2.24) is 0 Å². The lowest BCUT2D eigenvalue weighted by Crippen LogP contribution is -2.56. The Morgan fingerprint density at radius 1 is 1.00 bits per heavy atom. The molecule has 0 spiro atoms. The number of carboxylic acid groups (broad SMARTS) is 1. The summed E-state index contributed by atoms with van der Waals surface area (Å²) in [7, 11) is -3.35. The van der Waals surface area contributed by atoms with Crippen LogP contribution in [0.3, 0.4) is 0 Å². The number of aliphatic carboxylic acids is 1. The summed E-state index contributed by atoms with van der Waals surface area (Å²) in [6.45, 7) is 18.7. The molecule has 4 aliphatic rings. The van der Waals surface area contributed by atoms with Gasteiger partial charge in [-0.2, -0.15) is 0 Å². The van der Waals surface area contributed by atoms with Crippen LogP contribution in [0.1, 0.15) is 118 Å². The van der Waals surface area contributed by atoms with E-state index >= 15 is 0 Å². The van der Waals surface area contributed by atoms with Crippen LogP contribution in [0, 0.1) is 51.2 Å². The lowest BCUT2D eigenvalue weighted by atomic mass is 9.40. The SMILES string of the molecule is C=C(C)CC1CCC2(C(=O)O)CCC(C)C3(C)CCC4C(C)(C)C(c5cccc(NS(C)(=O)=O)c5)=CCC4(C)C3CCCC12. The number of allylic oxidation sites excluding steroid dienone is 3. The molecule has 0 amide bonds. The minimum atomic E-state index is -3.35. The summed E-state index contributed by atoms with van der Waals surface area (Å²) in [5, 5.41) is 10.7. The van der Waals surface area contributed by atoms with Gasteiger partial charge in [0.05, 0.1) is 11.7 Å². The van der Waals surface area contributed by atoms with Crippen LogP contribution in [-0.2, 0) is 14.8 Å². The van der Waals surface area contributed by atoms with Gasteiger partial charge in [-0.25, -0.2) is 8.42 Å². The van der Waals surface area contributed by atoms with Gasteiger partial charge in [-0.05, 0) is 140 Å². The van der Waals surface area contributed by atoms with Gasteiger partial charge >= 0.3 is 5.97 Å². The average molecular weight is 624 g/mol. The highest BCUT2D eigenvalue weighted by Crippen LogP contribution is 2.69. The lowest BCUT2D eigenvalue weighted by molar-refractivity contribution is -0.155. The van der Waals surface area contributed by atoms with Gasteiger partial charge in [-0.1, -0.05) is 64.8 Å². The Hall–Kier alpha value is -2.08. The fraction of sp³-hybridized carbons (Fsp3) is 0.711. The first-order chi connectivity index (χ1) is 20.4. The second-order valence-corrected chi connectivity index (χ2v) is 18.3. The molecule has 1 aromatic rings. The Balaban J connectivity index is 1.48. The molecule has 5 nitrogen and oxygen atoms in total. The lowest BCUT2D eigenvalue weighted by Gasteiger charge is -2.64. The van der Waals surface area contributed by atoms with E-state index in [2.05, 4.69) is 65.0 Å². The molecule has 0 aliphatic heterocycles. The number of fused-ring (bicyclic) bond motifs is 4. The zero-order chi connectivity index (χ0) is 32.3. The summed E-state index contributed by atoms with van der Waals surface area (Å²) in [6.07, 6.45) is 14.9. The fourth-order valence-corrected chi connectivity index (χ4v) is 12.0. The normalized spacial score (nSPS) is 38.8. The fourth-order valence-electron chi connectivity index (χ4n) is 11.4. The Kier molecular flexibility index (Phi) is 8.79. The van der Waals surface area contributed by atoms with Gasteiger partial charge in [0.1, 0.15) is 0 Å². The van der Waals surface area contributed by atoms with Crippen LogP contribution in [0.15, 0.2) is 42.5 Å². The van der Waals surface area contributed by atoms with Gasteiger partial charge in [-0.3, -0.25) is 9.52 Å². The molecule has 0 bridgehead atoms. The summed E-state index contributed by atoms with van der Waals surface area (Å²) in [5.74, 6) is 1.66. The van der Waals surface area contributed by atoms with Crippen LogP contribution in [0.25, 0.3) is 5.57 Å². The Labute approximate surface area is 267 Å². The third kappa shape index (κ3) is 5.71. The van der Waals surface area contributed by atoms with Gasteiger partial charge in [0.15, 0.2) is 0 Å². The van der Waals surface area contributed by atoms with E-state index in [-0.39, 0.29) is 22.2 Å². The predicted octanol–water partition coefficient (Wildman–Crippen LogP) is 9.57. The second kappa shape index (κ2) is 11.6. The van der Waals surface area contributed by atoms with Crippen molar-refractivity contribution in [2.24, 2.45) is 51.2 Å². The van der Waals surface area contributed by atoms with E-state index in [4.69, 9.17) is 0 Å². The minimum absolute atomic E-state index is 0.0624. The van der Waals surface area contributed by atoms with Gasteiger partial charge in [0.2, 0.25) is 10.0 Å². The van der Waals surface area contributed by atoms with E-state index in [0.29, 0.717) is 29.4 Å². The van der Waals surface area contributed by atoms with Gasteiger partial charge in [-0.15, -0.1) is 6.58 Å². The first kappa shape index (κ1) is 33.3. The molecular formula is C38H57NO4S. The third-order valence-electron chi connectivity index (χ3n) is 13.6. The molecule has 0 heterocycles. The molecule has 0 aromatic heterocycles. The second-order valence-electron chi connectivity index (χ2n) is 16.6. The van der Waals surface area contributed by atoms with Crippen LogP contribution in [0.5, 0.6) is 0 Å². The molecule has 3 saturated carbocycles. The quantitative estimate of drug-likeness (QED) is 0.309. The summed E-state index contributed by atoms with van der Waals surface area (Å²) in [6, 6.07) is 7.89. The van der Waals surface area contributed by atoms with Crippen molar-refractivity contribution >= 4 is 27.3 Å². The van der Waals surface area contributed by atoms with Gasteiger partial charge < -0.3 is 5.11 Å². The van der Waals surface area contributed by atoms with Crippen molar-refractivity contribution in [2.45, 2.75) is 112 Å². The van der Waals surface area contributed by atoms with Crippen LogP contribution in [0.4, 0.5) is 5.69 Å².